The third-order valence-electron chi connectivity index (χ3n) is 3.61. The highest BCUT2D eigenvalue weighted by Gasteiger charge is 2.17. The van der Waals surface area contributed by atoms with Gasteiger partial charge in [0.05, 0.1) is 0 Å². The lowest BCUT2D eigenvalue weighted by Crippen LogP contribution is -2.00. The van der Waals surface area contributed by atoms with Gasteiger partial charge in [0.2, 0.25) is 0 Å². The molecule has 0 aliphatic carbocycles. The van der Waals surface area contributed by atoms with Crippen molar-refractivity contribution >= 4 is 22.4 Å². The van der Waals surface area contributed by atoms with Crippen LogP contribution in [-0.2, 0) is 0 Å². The number of nitrogens with zero attached hydrogens (tertiary/aromatic N) is 1. The van der Waals surface area contributed by atoms with Gasteiger partial charge in [-0.05, 0) is 62.3 Å². The number of hydrogen-bond acceptors (Lipinski definition) is 1. The van der Waals surface area contributed by atoms with Crippen LogP contribution in [0.1, 0.15) is 27.9 Å². The molecule has 0 radical (unpaired) electrons. The lowest BCUT2D eigenvalue weighted by molar-refractivity contribution is 0.610. The van der Waals surface area contributed by atoms with Gasteiger partial charge in [0.15, 0.2) is 0 Å². The van der Waals surface area contributed by atoms with E-state index >= 15 is 0 Å². The van der Waals surface area contributed by atoms with Crippen molar-refractivity contribution in [3.8, 4) is 0 Å². The molecular weight excluding hydrogens is 237 g/mol. The zero-order valence-corrected chi connectivity index (χ0v) is 11.5. The van der Waals surface area contributed by atoms with Gasteiger partial charge >= 0.3 is 0 Å². The largest absolute Gasteiger partial charge is 0.240 e. The number of hydrogen-bond donors (Lipinski definition) is 0. The molecule has 0 saturated carbocycles. The molecule has 2 rings (SSSR count). The Morgan fingerprint density at radius 2 is 1.41 bits per heavy atom. The molecule has 0 saturated heterocycles. The molecule has 1 aromatic carbocycles. The first kappa shape index (κ1) is 12.3. The third kappa shape index (κ3) is 1.62. The van der Waals surface area contributed by atoms with Gasteiger partial charge < -0.3 is 0 Å². The summed E-state index contributed by atoms with van der Waals surface area (Å²) in [5, 5.41) is 2.25. The van der Waals surface area contributed by atoms with Crippen molar-refractivity contribution in [3.63, 3.8) is 0 Å². The van der Waals surface area contributed by atoms with E-state index in [2.05, 4.69) is 4.98 Å². The van der Waals surface area contributed by atoms with E-state index in [4.69, 9.17) is 11.6 Å². The van der Waals surface area contributed by atoms with Gasteiger partial charge in [-0.15, -0.1) is 0 Å². The van der Waals surface area contributed by atoms with E-state index in [0.29, 0.717) is 16.3 Å². The van der Waals surface area contributed by atoms with Gasteiger partial charge in [0, 0.05) is 11.1 Å². The second-order valence-electron chi connectivity index (χ2n) is 4.55. The van der Waals surface area contributed by atoms with Gasteiger partial charge in [-0.1, -0.05) is 11.6 Å². The van der Waals surface area contributed by atoms with E-state index in [1.165, 1.54) is 0 Å². The quantitative estimate of drug-likeness (QED) is 0.625. The molecule has 0 atom stereocenters. The van der Waals surface area contributed by atoms with Crippen molar-refractivity contribution in [3.05, 3.63) is 38.9 Å². The topological polar surface area (TPSA) is 12.9 Å². The minimum absolute atomic E-state index is 0.139. The lowest BCUT2D eigenvalue weighted by Gasteiger charge is -2.15. The Labute approximate surface area is 106 Å². The molecule has 1 nitrogen and oxygen atoms in total. The number of pyridine rings is 1. The molecule has 2 aromatic rings. The number of halogens is 2. The van der Waals surface area contributed by atoms with Gasteiger partial charge in [-0.25, -0.2) is 9.37 Å². The molecular formula is C14H15ClFN. The van der Waals surface area contributed by atoms with E-state index < -0.39 is 0 Å². The van der Waals surface area contributed by atoms with Crippen molar-refractivity contribution in [1.29, 1.82) is 0 Å². The lowest BCUT2D eigenvalue weighted by atomic mass is 9.94. The third-order valence-corrected chi connectivity index (χ3v) is 3.88. The second-order valence-corrected chi connectivity index (χ2v) is 4.91. The molecule has 0 aliphatic heterocycles. The van der Waals surface area contributed by atoms with Gasteiger partial charge in [0.25, 0.3) is 0 Å². The molecule has 1 aromatic heterocycles. The maximum Gasteiger partial charge on any atom is 0.137 e. The molecule has 0 bridgehead atoms. The maximum atomic E-state index is 14.1. The van der Waals surface area contributed by atoms with Crippen LogP contribution >= 0.6 is 11.6 Å². The molecule has 0 fully saturated rings. The van der Waals surface area contributed by atoms with Gasteiger partial charge in [-0.2, -0.15) is 0 Å². The smallest absolute Gasteiger partial charge is 0.137 e. The molecule has 0 aliphatic rings. The zero-order valence-electron chi connectivity index (χ0n) is 10.7. The van der Waals surface area contributed by atoms with Crippen LogP contribution < -0.4 is 0 Å². The number of benzene rings is 1. The van der Waals surface area contributed by atoms with Crippen LogP contribution in [0.25, 0.3) is 10.8 Å². The molecule has 0 N–H and O–H groups in total. The van der Waals surface area contributed by atoms with E-state index in [-0.39, 0.29) is 5.82 Å². The zero-order chi connectivity index (χ0) is 12.9. The Morgan fingerprint density at radius 1 is 0.824 bits per heavy atom. The fraction of sp³-hybridized carbons (Fsp3) is 0.357. The van der Waals surface area contributed by atoms with Gasteiger partial charge in [-0.3, -0.25) is 0 Å². The Bertz CT molecular complexity index is 632. The number of aryl methyl sites for hydroxylation is 4. The minimum Gasteiger partial charge on any atom is -0.240 e. The standard InChI is InChI=1S/C14H15ClFN/c1-6-7(2)13(16)9(4)11-8(3)10(5)17-14(15)12(6)11/h1-5H3. The van der Waals surface area contributed by atoms with Crippen molar-refractivity contribution < 1.29 is 4.39 Å². The highest BCUT2D eigenvalue weighted by molar-refractivity contribution is 6.34. The highest BCUT2D eigenvalue weighted by Crippen LogP contribution is 2.35. The highest BCUT2D eigenvalue weighted by atomic mass is 35.5. The van der Waals surface area contributed by atoms with E-state index in [1.54, 1.807) is 13.8 Å². The Morgan fingerprint density at radius 3 is 2.00 bits per heavy atom. The molecule has 0 unspecified atom stereocenters. The number of fused-ring (bicyclic) bond motifs is 1. The summed E-state index contributed by atoms with van der Waals surface area (Å²) in [6.45, 7) is 9.33. The summed E-state index contributed by atoms with van der Waals surface area (Å²) in [6.07, 6.45) is 0. The molecule has 3 heteroatoms. The maximum absolute atomic E-state index is 14.1. The number of rotatable bonds is 0. The van der Waals surface area contributed by atoms with Crippen molar-refractivity contribution in [2.24, 2.45) is 0 Å². The molecule has 0 amide bonds. The van der Waals surface area contributed by atoms with E-state index in [9.17, 15) is 4.39 Å². The van der Waals surface area contributed by atoms with Crippen molar-refractivity contribution in [1.82, 2.24) is 4.98 Å². The minimum atomic E-state index is -0.139. The molecule has 90 valence electrons. The first-order valence-corrected chi connectivity index (χ1v) is 5.95. The summed E-state index contributed by atoms with van der Waals surface area (Å²) in [5.74, 6) is -0.139. The molecule has 1 heterocycles. The average Bonchev–Trinajstić information content (AvgIpc) is 2.28. The summed E-state index contributed by atoms with van der Waals surface area (Å²) in [4.78, 5) is 4.32. The fourth-order valence-electron chi connectivity index (χ4n) is 2.31. The summed E-state index contributed by atoms with van der Waals surface area (Å²) >= 11 is 6.20. The first-order chi connectivity index (χ1) is 7.86. The predicted molar refractivity (Wildman–Crippen MR) is 70.4 cm³/mol. The monoisotopic (exact) mass is 251 g/mol. The SMILES string of the molecule is Cc1nc(Cl)c2c(C)c(C)c(F)c(C)c2c1C. The Balaban J connectivity index is 3.17. The van der Waals surface area contributed by atoms with Crippen molar-refractivity contribution in [2.45, 2.75) is 34.6 Å². The molecule has 0 spiro atoms. The summed E-state index contributed by atoms with van der Waals surface area (Å²) < 4.78 is 14.1. The second kappa shape index (κ2) is 3.95. The Kier molecular flexibility index (Phi) is 2.86. The van der Waals surface area contributed by atoms with Crippen LogP contribution in [0, 0.1) is 40.4 Å². The predicted octanol–water partition coefficient (Wildman–Crippen LogP) is 4.57. The molecule has 17 heavy (non-hydrogen) atoms. The van der Waals surface area contributed by atoms with E-state index in [1.807, 2.05) is 20.8 Å². The van der Waals surface area contributed by atoms with Crippen LogP contribution in [0.5, 0.6) is 0 Å². The van der Waals surface area contributed by atoms with Crippen LogP contribution in [0.4, 0.5) is 4.39 Å². The average molecular weight is 252 g/mol. The summed E-state index contributed by atoms with van der Waals surface area (Å²) in [7, 11) is 0. The normalized spacial score (nSPS) is 11.2. The first-order valence-electron chi connectivity index (χ1n) is 5.58. The van der Waals surface area contributed by atoms with Crippen LogP contribution in [0.2, 0.25) is 5.15 Å². The van der Waals surface area contributed by atoms with Gasteiger partial charge in [0.1, 0.15) is 11.0 Å². The Hall–Kier alpha value is -1.15. The summed E-state index contributed by atoms with van der Waals surface area (Å²) in [6, 6.07) is 0. The van der Waals surface area contributed by atoms with Crippen LogP contribution in [0.3, 0.4) is 0 Å². The number of aromatic nitrogens is 1. The van der Waals surface area contributed by atoms with E-state index in [0.717, 1.165) is 27.6 Å². The van der Waals surface area contributed by atoms with Crippen molar-refractivity contribution in [2.75, 3.05) is 0 Å². The fourth-order valence-corrected chi connectivity index (χ4v) is 2.68. The van der Waals surface area contributed by atoms with Crippen LogP contribution in [-0.4, -0.2) is 4.98 Å². The van der Waals surface area contributed by atoms with Crippen LogP contribution in [0.15, 0.2) is 0 Å². The summed E-state index contributed by atoms with van der Waals surface area (Å²) in [5.41, 5.74) is 4.05.